The quantitative estimate of drug-likeness (QED) is 0.777. The smallest absolute Gasteiger partial charge is 0.387 e. The van der Waals surface area contributed by atoms with E-state index in [1.54, 1.807) is 13.1 Å². The van der Waals surface area contributed by atoms with Gasteiger partial charge < -0.3 is 14.5 Å². The van der Waals surface area contributed by atoms with Crippen LogP contribution in [-0.2, 0) is 0 Å². The van der Waals surface area contributed by atoms with E-state index in [9.17, 15) is 13.6 Å². The molecule has 0 atom stereocenters. The van der Waals surface area contributed by atoms with Gasteiger partial charge in [0, 0.05) is 17.8 Å². The van der Waals surface area contributed by atoms with Crippen LogP contribution in [-0.4, -0.2) is 28.2 Å². The van der Waals surface area contributed by atoms with Gasteiger partial charge in [0.25, 0.3) is 5.56 Å². The molecule has 0 fully saturated rings. The van der Waals surface area contributed by atoms with Crippen LogP contribution in [0.4, 0.5) is 8.78 Å². The van der Waals surface area contributed by atoms with Gasteiger partial charge in [-0.25, -0.2) is 4.98 Å². The van der Waals surface area contributed by atoms with Gasteiger partial charge in [-0.1, -0.05) is 12.1 Å². The number of rotatable bonds is 5. The topological polar surface area (TPSA) is 77.1 Å². The summed E-state index contributed by atoms with van der Waals surface area (Å²) >= 11 is 0. The summed E-state index contributed by atoms with van der Waals surface area (Å²) in [5.74, 6) is 0.00930. The molecule has 124 valence electrons. The molecule has 0 radical (unpaired) electrons. The van der Waals surface area contributed by atoms with Crippen LogP contribution in [0, 0.1) is 0 Å². The van der Waals surface area contributed by atoms with E-state index in [4.69, 9.17) is 4.74 Å². The zero-order chi connectivity index (χ0) is 17.1. The highest BCUT2D eigenvalue weighted by Crippen LogP contribution is 2.26. The maximum Gasteiger partial charge on any atom is 0.387 e. The van der Waals surface area contributed by atoms with Gasteiger partial charge in [-0.15, -0.1) is 0 Å². The molecule has 0 unspecified atom stereocenters. The van der Waals surface area contributed by atoms with E-state index in [1.165, 1.54) is 30.5 Å². The van der Waals surface area contributed by atoms with Crippen molar-refractivity contribution < 1.29 is 18.3 Å². The standard InChI is InChI=1S/C16H13F2N3O3/c1-2-23-16-20-8-10-7-19-14(22)12(13(10)21-16)9-3-5-11(6-4-9)24-15(17)18/h3-8,15H,2H2,1H3,(H,19,22). The van der Waals surface area contributed by atoms with Crippen molar-refractivity contribution in [2.24, 2.45) is 0 Å². The molecule has 8 heteroatoms. The summed E-state index contributed by atoms with van der Waals surface area (Å²) in [5.41, 5.74) is 0.884. The van der Waals surface area contributed by atoms with Crippen molar-refractivity contribution in [3.8, 4) is 22.9 Å². The van der Waals surface area contributed by atoms with Crippen LogP contribution in [0.25, 0.3) is 22.0 Å². The lowest BCUT2D eigenvalue weighted by Gasteiger charge is -2.08. The first-order chi connectivity index (χ1) is 11.6. The second-order valence-electron chi connectivity index (χ2n) is 4.79. The average Bonchev–Trinajstić information content (AvgIpc) is 2.55. The van der Waals surface area contributed by atoms with Crippen LogP contribution in [0.2, 0.25) is 0 Å². The molecular formula is C16H13F2N3O3. The third-order valence-corrected chi connectivity index (χ3v) is 3.26. The number of hydrogen-bond donors (Lipinski definition) is 1. The molecule has 0 aliphatic heterocycles. The highest BCUT2D eigenvalue weighted by molar-refractivity contribution is 5.92. The first-order valence-electron chi connectivity index (χ1n) is 7.15. The first kappa shape index (κ1) is 15.9. The number of fused-ring (bicyclic) bond motifs is 1. The first-order valence-corrected chi connectivity index (χ1v) is 7.15. The Morgan fingerprint density at radius 2 is 2.00 bits per heavy atom. The lowest BCUT2D eigenvalue weighted by Crippen LogP contribution is -2.10. The predicted octanol–water partition coefficient (Wildman–Crippen LogP) is 2.99. The number of nitrogens with one attached hydrogen (secondary N) is 1. The van der Waals surface area contributed by atoms with Gasteiger partial charge in [-0.3, -0.25) is 4.79 Å². The van der Waals surface area contributed by atoms with Gasteiger partial charge in [-0.2, -0.15) is 13.8 Å². The van der Waals surface area contributed by atoms with Crippen molar-refractivity contribution in [3.05, 3.63) is 47.0 Å². The minimum absolute atomic E-state index is 0.00930. The van der Waals surface area contributed by atoms with E-state index in [0.29, 0.717) is 28.6 Å². The molecule has 3 aromatic rings. The van der Waals surface area contributed by atoms with E-state index >= 15 is 0 Å². The van der Waals surface area contributed by atoms with E-state index in [-0.39, 0.29) is 17.3 Å². The minimum Gasteiger partial charge on any atom is -0.464 e. The number of aromatic nitrogens is 3. The summed E-state index contributed by atoms with van der Waals surface area (Å²) < 4.78 is 34.0. The Morgan fingerprint density at radius 3 is 2.67 bits per heavy atom. The number of aromatic amines is 1. The number of alkyl halides is 2. The molecule has 2 aromatic heterocycles. The lowest BCUT2D eigenvalue weighted by atomic mass is 10.1. The highest BCUT2D eigenvalue weighted by Gasteiger charge is 2.13. The molecular weight excluding hydrogens is 320 g/mol. The SMILES string of the molecule is CCOc1ncc2c[nH]c(=O)c(-c3ccc(OC(F)F)cc3)c2n1. The van der Waals surface area contributed by atoms with Crippen LogP contribution in [0.1, 0.15) is 6.92 Å². The summed E-state index contributed by atoms with van der Waals surface area (Å²) in [6.07, 6.45) is 3.05. The fourth-order valence-corrected chi connectivity index (χ4v) is 2.27. The fourth-order valence-electron chi connectivity index (χ4n) is 2.27. The number of benzene rings is 1. The van der Waals surface area contributed by atoms with E-state index in [0.717, 1.165) is 0 Å². The van der Waals surface area contributed by atoms with Crippen molar-refractivity contribution in [2.45, 2.75) is 13.5 Å². The molecule has 0 amide bonds. The Labute approximate surface area is 135 Å². The molecule has 0 aliphatic rings. The van der Waals surface area contributed by atoms with Gasteiger partial charge in [0.15, 0.2) is 0 Å². The Hall–Kier alpha value is -3.03. The van der Waals surface area contributed by atoms with Gasteiger partial charge in [0.1, 0.15) is 5.75 Å². The molecule has 24 heavy (non-hydrogen) atoms. The molecule has 0 saturated carbocycles. The molecule has 0 bridgehead atoms. The maximum absolute atomic E-state index is 12.3. The van der Waals surface area contributed by atoms with Crippen molar-refractivity contribution >= 4 is 10.9 Å². The summed E-state index contributed by atoms with van der Waals surface area (Å²) in [7, 11) is 0. The van der Waals surface area contributed by atoms with E-state index in [1.807, 2.05) is 0 Å². The van der Waals surface area contributed by atoms with Crippen molar-refractivity contribution in [1.82, 2.24) is 15.0 Å². The monoisotopic (exact) mass is 333 g/mol. The maximum atomic E-state index is 12.3. The van der Waals surface area contributed by atoms with Crippen molar-refractivity contribution in [1.29, 1.82) is 0 Å². The molecule has 6 nitrogen and oxygen atoms in total. The zero-order valence-corrected chi connectivity index (χ0v) is 12.6. The Balaban J connectivity index is 2.11. The zero-order valence-electron chi connectivity index (χ0n) is 12.6. The molecule has 0 saturated heterocycles. The molecule has 2 heterocycles. The summed E-state index contributed by atoms with van der Waals surface area (Å²) in [6.45, 7) is -0.712. The van der Waals surface area contributed by atoms with Gasteiger partial charge >= 0.3 is 12.6 Å². The number of H-pyrrole nitrogens is 1. The molecule has 1 aromatic carbocycles. The summed E-state index contributed by atoms with van der Waals surface area (Å²) in [4.78, 5) is 23.2. The molecule has 0 spiro atoms. The molecule has 0 aliphatic carbocycles. The Bertz CT molecular complexity index is 911. The fraction of sp³-hybridized carbons (Fsp3) is 0.188. The third kappa shape index (κ3) is 3.17. The van der Waals surface area contributed by atoms with Crippen LogP contribution >= 0.6 is 0 Å². The summed E-state index contributed by atoms with van der Waals surface area (Å²) in [5, 5.41) is 0.626. The number of hydrogen-bond acceptors (Lipinski definition) is 5. The summed E-state index contributed by atoms with van der Waals surface area (Å²) in [6, 6.07) is 5.93. The number of pyridine rings is 1. The van der Waals surface area contributed by atoms with Crippen molar-refractivity contribution in [3.63, 3.8) is 0 Å². The number of halogens is 2. The van der Waals surface area contributed by atoms with Crippen LogP contribution < -0.4 is 15.0 Å². The third-order valence-electron chi connectivity index (χ3n) is 3.26. The molecule has 1 N–H and O–H groups in total. The van der Waals surface area contributed by atoms with Gasteiger partial charge in [0.2, 0.25) is 0 Å². The van der Waals surface area contributed by atoms with Crippen LogP contribution in [0.3, 0.4) is 0 Å². The van der Waals surface area contributed by atoms with Crippen LogP contribution in [0.5, 0.6) is 11.8 Å². The van der Waals surface area contributed by atoms with Crippen LogP contribution in [0.15, 0.2) is 41.5 Å². The second-order valence-corrected chi connectivity index (χ2v) is 4.79. The number of ether oxygens (including phenoxy) is 2. The normalized spacial score (nSPS) is 11.0. The van der Waals surface area contributed by atoms with E-state index in [2.05, 4.69) is 19.7 Å². The largest absolute Gasteiger partial charge is 0.464 e. The second kappa shape index (κ2) is 6.61. The Kier molecular flexibility index (Phi) is 4.37. The van der Waals surface area contributed by atoms with Gasteiger partial charge in [-0.05, 0) is 24.6 Å². The molecule has 3 rings (SSSR count). The predicted molar refractivity (Wildman–Crippen MR) is 83.4 cm³/mol. The lowest BCUT2D eigenvalue weighted by molar-refractivity contribution is -0.0498. The number of nitrogens with zero attached hydrogens (tertiary/aromatic N) is 2. The van der Waals surface area contributed by atoms with E-state index < -0.39 is 6.61 Å². The average molecular weight is 333 g/mol. The minimum atomic E-state index is -2.90. The van der Waals surface area contributed by atoms with Crippen molar-refractivity contribution in [2.75, 3.05) is 6.61 Å². The Morgan fingerprint density at radius 1 is 1.25 bits per heavy atom. The highest BCUT2D eigenvalue weighted by atomic mass is 19.3. The van der Waals surface area contributed by atoms with Gasteiger partial charge in [0.05, 0.1) is 17.7 Å².